The van der Waals surface area contributed by atoms with Gasteiger partial charge in [-0.25, -0.2) is 0 Å². The summed E-state index contributed by atoms with van der Waals surface area (Å²) in [7, 11) is 0. The Morgan fingerprint density at radius 3 is 2.95 bits per heavy atom. The fourth-order valence-electron chi connectivity index (χ4n) is 2.48. The third-order valence-corrected chi connectivity index (χ3v) is 4.71. The number of hydrogen-bond acceptors (Lipinski definition) is 5. The predicted molar refractivity (Wildman–Crippen MR) is 85.2 cm³/mol. The number of aromatic nitrogens is 4. The van der Waals surface area contributed by atoms with E-state index in [1.165, 1.54) is 25.9 Å². The van der Waals surface area contributed by atoms with Gasteiger partial charge in [-0.2, -0.15) is 4.98 Å². The van der Waals surface area contributed by atoms with E-state index in [2.05, 4.69) is 32.0 Å². The van der Waals surface area contributed by atoms with Crippen LogP contribution < -0.4 is 0 Å². The van der Waals surface area contributed by atoms with Gasteiger partial charge < -0.3 is 4.90 Å². The smallest absolute Gasteiger partial charge is 0.208 e. The molecule has 0 saturated carbocycles. The Balaban J connectivity index is 1.47. The summed E-state index contributed by atoms with van der Waals surface area (Å²) in [5.74, 6) is 2.67. The second-order valence-corrected chi connectivity index (χ2v) is 6.62. The van der Waals surface area contributed by atoms with Crippen molar-refractivity contribution in [2.24, 2.45) is 5.92 Å². The average molecular weight is 303 g/mol. The van der Waals surface area contributed by atoms with E-state index in [0.29, 0.717) is 0 Å². The highest BCUT2D eigenvalue weighted by Crippen LogP contribution is 2.19. The van der Waals surface area contributed by atoms with Gasteiger partial charge >= 0.3 is 0 Å². The van der Waals surface area contributed by atoms with Crippen LogP contribution >= 0.6 is 11.8 Å². The van der Waals surface area contributed by atoms with E-state index in [-0.39, 0.29) is 0 Å². The molecular weight excluding hydrogens is 282 g/mol. The third kappa shape index (κ3) is 4.04. The lowest BCUT2D eigenvalue weighted by Crippen LogP contribution is -2.34. The van der Waals surface area contributed by atoms with Crippen molar-refractivity contribution in [2.75, 3.05) is 25.4 Å². The van der Waals surface area contributed by atoms with Crippen molar-refractivity contribution in [2.45, 2.75) is 24.9 Å². The number of hydrogen-bond donors (Lipinski definition) is 1. The number of rotatable bonds is 5. The highest BCUT2D eigenvalue weighted by Gasteiger charge is 2.15. The van der Waals surface area contributed by atoms with Crippen LogP contribution in [0.3, 0.4) is 0 Å². The number of likely N-dealkylation sites (tertiary alicyclic amines) is 1. The van der Waals surface area contributed by atoms with Crippen LogP contribution in [0.25, 0.3) is 11.5 Å². The average Bonchev–Trinajstić information content (AvgIpc) is 2.99. The van der Waals surface area contributed by atoms with Gasteiger partial charge in [-0.1, -0.05) is 24.8 Å². The Labute approximate surface area is 129 Å². The highest BCUT2D eigenvalue weighted by atomic mass is 32.2. The molecule has 2 aromatic rings. The minimum Gasteiger partial charge on any atom is -0.302 e. The summed E-state index contributed by atoms with van der Waals surface area (Å²) in [6.45, 7) is 5.92. The van der Waals surface area contributed by atoms with Gasteiger partial charge in [-0.05, 0) is 44.0 Å². The van der Waals surface area contributed by atoms with Crippen LogP contribution in [-0.2, 0) is 0 Å². The van der Waals surface area contributed by atoms with Gasteiger partial charge in [0.25, 0.3) is 0 Å². The maximum atomic E-state index is 4.49. The molecule has 1 aliphatic heterocycles. The number of aromatic amines is 1. The first kappa shape index (κ1) is 14.5. The molecule has 0 spiro atoms. The monoisotopic (exact) mass is 303 g/mol. The molecule has 3 rings (SSSR count). The Bertz CT molecular complexity index is 548. The van der Waals surface area contributed by atoms with Crippen molar-refractivity contribution in [1.82, 2.24) is 25.1 Å². The van der Waals surface area contributed by atoms with Crippen molar-refractivity contribution in [3.63, 3.8) is 0 Å². The summed E-state index contributed by atoms with van der Waals surface area (Å²) in [6.07, 6.45) is 4.42. The zero-order valence-corrected chi connectivity index (χ0v) is 13.1. The van der Waals surface area contributed by atoms with Gasteiger partial charge in [-0.15, -0.1) is 5.10 Å². The van der Waals surface area contributed by atoms with Crippen LogP contribution in [0.5, 0.6) is 0 Å². The first-order valence-electron chi connectivity index (χ1n) is 7.50. The van der Waals surface area contributed by atoms with Gasteiger partial charge in [0.05, 0.1) is 0 Å². The zero-order chi connectivity index (χ0) is 14.5. The van der Waals surface area contributed by atoms with E-state index in [0.717, 1.165) is 34.9 Å². The molecule has 1 saturated heterocycles. The van der Waals surface area contributed by atoms with Crippen LogP contribution in [0, 0.1) is 5.92 Å². The quantitative estimate of drug-likeness (QED) is 0.861. The minimum absolute atomic E-state index is 0.741. The third-order valence-electron chi connectivity index (χ3n) is 3.89. The summed E-state index contributed by atoms with van der Waals surface area (Å²) >= 11 is 1.71. The van der Waals surface area contributed by atoms with Crippen LogP contribution in [0.2, 0.25) is 0 Å². The van der Waals surface area contributed by atoms with Crippen LogP contribution in [0.4, 0.5) is 0 Å². The SMILES string of the molecule is CC1CCN(CCSc2n[nH]c(-c3ccccn3)n2)CC1. The summed E-state index contributed by atoms with van der Waals surface area (Å²) in [6, 6.07) is 5.79. The molecule has 1 aliphatic rings. The summed E-state index contributed by atoms with van der Waals surface area (Å²) in [5, 5.41) is 8.02. The largest absolute Gasteiger partial charge is 0.302 e. The lowest BCUT2D eigenvalue weighted by atomic mass is 9.99. The molecule has 0 amide bonds. The molecule has 1 N–H and O–H groups in total. The molecule has 6 heteroatoms. The first-order chi connectivity index (χ1) is 10.3. The zero-order valence-electron chi connectivity index (χ0n) is 12.3. The molecule has 0 aliphatic carbocycles. The second-order valence-electron chi connectivity index (χ2n) is 5.55. The maximum Gasteiger partial charge on any atom is 0.208 e. The first-order valence-corrected chi connectivity index (χ1v) is 8.49. The van der Waals surface area contributed by atoms with Gasteiger partial charge in [-0.3, -0.25) is 10.1 Å². The van der Waals surface area contributed by atoms with Crippen molar-refractivity contribution in [1.29, 1.82) is 0 Å². The Morgan fingerprint density at radius 2 is 2.19 bits per heavy atom. The molecule has 2 aromatic heterocycles. The molecule has 5 nitrogen and oxygen atoms in total. The Morgan fingerprint density at radius 1 is 1.33 bits per heavy atom. The predicted octanol–water partition coefficient (Wildman–Crippen LogP) is 2.69. The molecule has 0 radical (unpaired) electrons. The summed E-state index contributed by atoms with van der Waals surface area (Å²) < 4.78 is 0. The fraction of sp³-hybridized carbons (Fsp3) is 0.533. The summed E-state index contributed by atoms with van der Waals surface area (Å²) in [4.78, 5) is 11.3. The number of piperidine rings is 1. The number of nitrogens with one attached hydrogen (secondary N) is 1. The van der Waals surface area contributed by atoms with Crippen LogP contribution in [-0.4, -0.2) is 50.5 Å². The van der Waals surface area contributed by atoms with Gasteiger partial charge in [0.1, 0.15) is 5.69 Å². The molecule has 0 bridgehead atoms. The molecule has 0 unspecified atom stereocenters. The van der Waals surface area contributed by atoms with E-state index in [9.17, 15) is 0 Å². The van der Waals surface area contributed by atoms with Gasteiger partial charge in [0, 0.05) is 18.5 Å². The van der Waals surface area contributed by atoms with E-state index < -0.39 is 0 Å². The van der Waals surface area contributed by atoms with Crippen molar-refractivity contribution >= 4 is 11.8 Å². The van der Waals surface area contributed by atoms with Gasteiger partial charge in [0.2, 0.25) is 5.16 Å². The lowest BCUT2D eigenvalue weighted by molar-refractivity contribution is 0.203. The lowest BCUT2D eigenvalue weighted by Gasteiger charge is -2.29. The van der Waals surface area contributed by atoms with E-state index in [1.807, 2.05) is 18.2 Å². The van der Waals surface area contributed by atoms with Crippen LogP contribution in [0.1, 0.15) is 19.8 Å². The second kappa shape index (κ2) is 7.04. The van der Waals surface area contributed by atoms with E-state index in [4.69, 9.17) is 0 Å². The number of thioether (sulfide) groups is 1. The molecule has 112 valence electrons. The maximum absolute atomic E-state index is 4.49. The molecule has 0 atom stereocenters. The molecule has 3 heterocycles. The van der Waals surface area contributed by atoms with E-state index >= 15 is 0 Å². The number of H-pyrrole nitrogens is 1. The van der Waals surface area contributed by atoms with Gasteiger partial charge in [0.15, 0.2) is 5.82 Å². The number of pyridine rings is 1. The summed E-state index contributed by atoms with van der Waals surface area (Å²) in [5.41, 5.74) is 0.835. The number of nitrogens with zero attached hydrogens (tertiary/aromatic N) is 4. The van der Waals surface area contributed by atoms with E-state index in [1.54, 1.807) is 18.0 Å². The molecule has 0 aromatic carbocycles. The van der Waals surface area contributed by atoms with Crippen molar-refractivity contribution in [3.05, 3.63) is 24.4 Å². The standard InChI is InChI=1S/C15H21N5S/c1-12-5-8-20(9-6-12)10-11-21-15-17-14(18-19-15)13-4-2-3-7-16-13/h2-4,7,12H,5-6,8-11H2,1H3,(H,17,18,19). The molecule has 1 fully saturated rings. The van der Waals surface area contributed by atoms with Crippen molar-refractivity contribution in [3.8, 4) is 11.5 Å². The Kier molecular flexibility index (Phi) is 4.87. The van der Waals surface area contributed by atoms with Crippen LogP contribution in [0.15, 0.2) is 29.6 Å². The van der Waals surface area contributed by atoms with Crippen molar-refractivity contribution < 1.29 is 0 Å². The molecule has 21 heavy (non-hydrogen) atoms. The highest BCUT2D eigenvalue weighted by molar-refractivity contribution is 7.99. The normalized spacial score (nSPS) is 17.2. The molecular formula is C15H21N5S. The minimum atomic E-state index is 0.741. The Hall–Kier alpha value is -1.40. The topological polar surface area (TPSA) is 57.7 Å². The fourth-order valence-corrected chi connectivity index (χ4v) is 3.28.